The quantitative estimate of drug-likeness (QED) is 0.656. The molecule has 0 spiro atoms. The Balaban J connectivity index is 2.20. The Morgan fingerprint density at radius 2 is 1.91 bits per heavy atom. The zero-order valence-electron chi connectivity index (χ0n) is 13.6. The van der Waals surface area contributed by atoms with E-state index in [9.17, 15) is 4.79 Å². The molecule has 1 aromatic rings. The van der Waals surface area contributed by atoms with Crippen LogP contribution in [0.1, 0.15) is 19.4 Å². The Labute approximate surface area is 155 Å². The highest BCUT2D eigenvalue weighted by Gasteiger charge is 2.37. The summed E-state index contributed by atoms with van der Waals surface area (Å²) < 4.78 is 12.2. The van der Waals surface area contributed by atoms with Gasteiger partial charge in [-0.1, -0.05) is 53.8 Å². The number of nitrogens with zero attached hydrogens (tertiary/aromatic N) is 1. The molecule has 0 unspecified atom stereocenters. The summed E-state index contributed by atoms with van der Waals surface area (Å²) in [6, 6.07) is 3.77. The number of benzene rings is 1. The number of carbonyl (C=O) groups excluding carboxylic acids is 1. The van der Waals surface area contributed by atoms with Crippen LogP contribution in [0.15, 0.2) is 16.6 Å². The molecule has 4 nitrogen and oxygen atoms in total. The minimum absolute atomic E-state index is 0.0929. The first-order chi connectivity index (χ1) is 10.9. The zero-order chi connectivity index (χ0) is 17.1. The summed E-state index contributed by atoms with van der Waals surface area (Å²) in [5, 5.41) is -0.185. The molecular formula is C16H20BrNO3S2. The number of rotatable bonds is 6. The van der Waals surface area contributed by atoms with Crippen molar-refractivity contribution in [2.24, 2.45) is 5.92 Å². The Kier molecular flexibility index (Phi) is 6.33. The van der Waals surface area contributed by atoms with E-state index in [0.717, 1.165) is 10.0 Å². The van der Waals surface area contributed by atoms with Crippen LogP contribution in [0, 0.1) is 5.92 Å². The SMILES string of the molecule is COc1cc(Br)c(C[C@@H]2SC(=S)N(CC(C)C)C2=O)cc1OC. The lowest BCUT2D eigenvalue weighted by atomic mass is 10.1. The van der Waals surface area contributed by atoms with E-state index in [0.29, 0.717) is 34.7 Å². The van der Waals surface area contributed by atoms with Gasteiger partial charge in [0.1, 0.15) is 4.32 Å². The number of thioether (sulfide) groups is 1. The lowest BCUT2D eigenvalue weighted by Gasteiger charge is -2.18. The topological polar surface area (TPSA) is 38.8 Å². The molecule has 0 aromatic heterocycles. The summed E-state index contributed by atoms with van der Waals surface area (Å²) >= 11 is 10.4. The van der Waals surface area contributed by atoms with Crippen molar-refractivity contribution in [3.05, 3.63) is 22.2 Å². The highest BCUT2D eigenvalue weighted by molar-refractivity contribution is 9.10. The molecule has 0 bridgehead atoms. The normalized spacial score (nSPS) is 18.0. The van der Waals surface area contributed by atoms with Crippen LogP contribution < -0.4 is 9.47 Å². The monoisotopic (exact) mass is 417 g/mol. The van der Waals surface area contributed by atoms with Gasteiger partial charge in [-0.3, -0.25) is 9.69 Å². The van der Waals surface area contributed by atoms with Gasteiger partial charge in [0.15, 0.2) is 11.5 Å². The maximum absolute atomic E-state index is 12.6. The fraction of sp³-hybridized carbons (Fsp3) is 0.500. The van der Waals surface area contributed by atoms with Crippen molar-refractivity contribution in [3.8, 4) is 11.5 Å². The molecule has 1 aliphatic heterocycles. The van der Waals surface area contributed by atoms with Gasteiger partial charge in [-0.2, -0.15) is 0 Å². The Morgan fingerprint density at radius 3 is 2.48 bits per heavy atom. The third-order valence-electron chi connectivity index (χ3n) is 3.51. The van der Waals surface area contributed by atoms with Gasteiger partial charge in [0.2, 0.25) is 5.91 Å². The Hall–Kier alpha value is -0.790. The zero-order valence-corrected chi connectivity index (χ0v) is 16.8. The second kappa shape index (κ2) is 7.85. The molecule has 0 N–H and O–H groups in total. The fourth-order valence-corrected chi connectivity index (χ4v) is 4.43. The number of halogens is 1. The average Bonchev–Trinajstić information content (AvgIpc) is 2.76. The molecule has 0 saturated carbocycles. The van der Waals surface area contributed by atoms with Crippen molar-refractivity contribution in [2.45, 2.75) is 25.5 Å². The number of ether oxygens (including phenoxy) is 2. The predicted octanol–water partition coefficient (Wildman–Crippen LogP) is 3.89. The summed E-state index contributed by atoms with van der Waals surface area (Å²) in [6.45, 7) is 4.84. The molecule has 23 heavy (non-hydrogen) atoms. The summed E-state index contributed by atoms with van der Waals surface area (Å²) in [5.41, 5.74) is 1.00. The van der Waals surface area contributed by atoms with E-state index >= 15 is 0 Å². The van der Waals surface area contributed by atoms with Gasteiger partial charge >= 0.3 is 0 Å². The Morgan fingerprint density at radius 1 is 1.30 bits per heavy atom. The molecule has 1 aromatic carbocycles. The fourth-order valence-electron chi connectivity index (χ4n) is 2.41. The molecule has 126 valence electrons. The number of hydrogen-bond donors (Lipinski definition) is 0. The molecule has 1 heterocycles. The van der Waals surface area contributed by atoms with Crippen molar-refractivity contribution in [1.82, 2.24) is 4.90 Å². The van der Waals surface area contributed by atoms with E-state index in [-0.39, 0.29) is 11.2 Å². The smallest absolute Gasteiger partial charge is 0.241 e. The largest absolute Gasteiger partial charge is 0.493 e. The second-order valence-electron chi connectivity index (χ2n) is 5.72. The van der Waals surface area contributed by atoms with Crippen LogP contribution in [0.3, 0.4) is 0 Å². The molecule has 7 heteroatoms. The van der Waals surface area contributed by atoms with Crippen LogP contribution in [0.2, 0.25) is 0 Å². The Bertz CT molecular complexity index is 622. The van der Waals surface area contributed by atoms with Crippen molar-refractivity contribution in [2.75, 3.05) is 20.8 Å². The molecule has 0 aliphatic carbocycles. The van der Waals surface area contributed by atoms with Crippen LogP contribution in [-0.2, 0) is 11.2 Å². The molecule has 1 saturated heterocycles. The van der Waals surface area contributed by atoms with Crippen LogP contribution in [0.5, 0.6) is 11.5 Å². The predicted molar refractivity (Wildman–Crippen MR) is 101 cm³/mol. The number of carbonyl (C=O) groups is 1. The van der Waals surface area contributed by atoms with Crippen LogP contribution in [-0.4, -0.2) is 41.1 Å². The van der Waals surface area contributed by atoms with Gasteiger partial charge in [0, 0.05) is 11.0 Å². The van der Waals surface area contributed by atoms with Gasteiger partial charge < -0.3 is 9.47 Å². The minimum Gasteiger partial charge on any atom is -0.493 e. The number of thiocarbonyl (C=S) groups is 1. The van der Waals surface area contributed by atoms with Gasteiger partial charge in [0.05, 0.1) is 19.5 Å². The first-order valence-corrected chi connectivity index (χ1v) is 9.37. The molecule has 1 atom stereocenters. The van der Waals surface area contributed by atoms with Crippen LogP contribution in [0.4, 0.5) is 0 Å². The number of hydrogen-bond acceptors (Lipinski definition) is 5. The van der Waals surface area contributed by atoms with E-state index in [1.165, 1.54) is 11.8 Å². The van der Waals surface area contributed by atoms with E-state index < -0.39 is 0 Å². The summed E-state index contributed by atoms with van der Waals surface area (Å²) in [4.78, 5) is 14.3. The highest BCUT2D eigenvalue weighted by atomic mass is 79.9. The van der Waals surface area contributed by atoms with Crippen molar-refractivity contribution in [3.63, 3.8) is 0 Å². The third-order valence-corrected chi connectivity index (χ3v) is 5.83. The molecule has 0 radical (unpaired) electrons. The lowest BCUT2D eigenvalue weighted by Crippen LogP contribution is -2.34. The first-order valence-electron chi connectivity index (χ1n) is 7.29. The lowest BCUT2D eigenvalue weighted by molar-refractivity contribution is -0.126. The van der Waals surface area contributed by atoms with Gasteiger partial charge in [-0.05, 0) is 30.0 Å². The van der Waals surface area contributed by atoms with E-state index in [1.807, 2.05) is 12.1 Å². The molecular weight excluding hydrogens is 398 g/mol. The maximum atomic E-state index is 12.6. The summed E-state index contributed by atoms with van der Waals surface area (Å²) in [6.07, 6.45) is 0.596. The van der Waals surface area contributed by atoms with Crippen molar-refractivity contribution >= 4 is 50.1 Å². The third kappa shape index (κ3) is 4.19. The molecule has 2 rings (SSSR count). The number of methoxy groups -OCH3 is 2. The van der Waals surface area contributed by atoms with Crippen LogP contribution >= 0.6 is 39.9 Å². The summed E-state index contributed by atoms with van der Waals surface area (Å²) in [5.74, 6) is 1.80. The van der Waals surface area contributed by atoms with Crippen molar-refractivity contribution in [1.29, 1.82) is 0 Å². The van der Waals surface area contributed by atoms with E-state index in [2.05, 4.69) is 29.8 Å². The molecule has 1 fully saturated rings. The number of amides is 1. The highest BCUT2D eigenvalue weighted by Crippen LogP contribution is 2.37. The van der Waals surface area contributed by atoms with Gasteiger partial charge in [-0.25, -0.2) is 0 Å². The van der Waals surface area contributed by atoms with E-state index in [4.69, 9.17) is 21.7 Å². The standard InChI is InChI=1S/C16H20BrNO3S2/c1-9(2)8-18-15(19)14(23-16(18)22)6-10-5-12(20-3)13(21-4)7-11(10)17/h5,7,9,14H,6,8H2,1-4H3/t14-/m0/s1. The maximum Gasteiger partial charge on any atom is 0.241 e. The van der Waals surface area contributed by atoms with E-state index in [1.54, 1.807) is 19.1 Å². The first kappa shape index (κ1) is 18.5. The van der Waals surface area contributed by atoms with Gasteiger partial charge in [-0.15, -0.1) is 0 Å². The molecule has 1 aliphatic rings. The van der Waals surface area contributed by atoms with Gasteiger partial charge in [0.25, 0.3) is 0 Å². The second-order valence-corrected chi connectivity index (χ2v) is 8.41. The summed E-state index contributed by atoms with van der Waals surface area (Å²) in [7, 11) is 3.20. The average molecular weight is 418 g/mol. The molecule has 1 amide bonds. The minimum atomic E-state index is -0.185. The van der Waals surface area contributed by atoms with Crippen LogP contribution in [0.25, 0.3) is 0 Å². The van der Waals surface area contributed by atoms with Crippen molar-refractivity contribution < 1.29 is 14.3 Å².